The Morgan fingerprint density at radius 2 is 0.941 bits per heavy atom. The van der Waals surface area contributed by atoms with Crippen LogP contribution in [-0.2, 0) is 0 Å². The summed E-state index contributed by atoms with van der Waals surface area (Å²) in [6.07, 6.45) is 9.20. The molecular weight excluding hydrogens is 416 g/mol. The Kier molecular flexibility index (Phi) is 9.52. The average Bonchev–Trinajstić information content (AvgIpc) is 2.89. The maximum atomic E-state index is 2.46. The van der Waals surface area contributed by atoms with Crippen molar-refractivity contribution in [2.24, 2.45) is 0 Å². The highest BCUT2D eigenvalue weighted by Gasteiger charge is 2.22. The first-order chi connectivity index (χ1) is 16.6. The zero-order valence-corrected chi connectivity index (χ0v) is 22.0. The number of anilines is 2. The summed E-state index contributed by atoms with van der Waals surface area (Å²) in [7, 11) is 0. The fraction of sp³-hybridized carbons (Fsp3) is 0.433. The van der Waals surface area contributed by atoms with Crippen LogP contribution in [0.2, 0.25) is 0 Å². The zero-order valence-electron chi connectivity index (χ0n) is 22.0. The Bertz CT molecular complexity index is 900. The highest BCUT2D eigenvalue weighted by atomic mass is 15.1. The van der Waals surface area contributed by atoms with Crippen molar-refractivity contribution in [1.29, 1.82) is 0 Å². The molecule has 0 aromatic heterocycles. The first-order valence-corrected chi connectivity index (χ1v) is 13.1. The van der Waals surface area contributed by atoms with E-state index in [4.69, 9.17) is 0 Å². The quantitative estimate of drug-likeness (QED) is 0.356. The summed E-state index contributed by atoms with van der Waals surface area (Å²) < 4.78 is 2.36. The van der Waals surface area contributed by atoms with Crippen molar-refractivity contribution in [2.75, 3.05) is 49.1 Å². The third-order valence-electron chi connectivity index (χ3n) is 6.89. The molecule has 4 nitrogen and oxygen atoms in total. The van der Waals surface area contributed by atoms with Crippen molar-refractivity contribution in [1.82, 2.24) is 9.48 Å². The number of rotatable bonds is 11. The van der Waals surface area contributed by atoms with Crippen molar-refractivity contribution in [3.63, 3.8) is 0 Å². The maximum absolute atomic E-state index is 2.46. The van der Waals surface area contributed by atoms with E-state index in [0.717, 1.165) is 39.3 Å². The molecule has 2 aromatic rings. The summed E-state index contributed by atoms with van der Waals surface area (Å²) in [4.78, 5) is 7.23. The number of benzene rings is 2. The van der Waals surface area contributed by atoms with Crippen LogP contribution in [0.4, 0.5) is 22.7 Å². The van der Waals surface area contributed by atoms with Crippen molar-refractivity contribution < 1.29 is 0 Å². The minimum absolute atomic E-state index is 0.357. The lowest BCUT2D eigenvalue weighted by atomic mass is 10.1. The number of hydrogen-bond donors (Lipinski definition) is 0. The van der Waals surface area contributed by atoms with Crippen LogP contribution in [0.3, 0.4) is 0 Å². The van der Waals surface area contributed by atoms with Gasteiger partial charge in [-0.05, 0) is 65.0 Å². The van der Waals surface area contributed by atoms with Crippen LogP contribution in [0.5, 0.6) is 0 Å². The van der Waals surface area contributed by atoms with E-state index in [1.54, 1.807) is 0 Å². The average molecular weight is 460 g/mol. The van der Waals surface area contributed by atoms with Gasteiger partial charge in [0.1, 0.15) is 0 Å². The smallest absolute Gasteiger partial charge is 0.211 e. The third kappa shape index (κ3) is 5.79. The molecule has 2 aromatic carbocycles. The van der Waals surface area contributed by atoms with Gasteiger partial charge in [0.15, 0.2) is 0 Å². The standard InChI is InChI=1S/C30H43N4/c1-7-31(8-2)25-13-19-28(20-14-25)34(29-21-15-26(16-22-29)32(9-3)10-4)30-23-17-27(18-24-30)33(11-5)12-6/h13-25H,7-12H2,1-6H3/q+1. The van der Waals surface area contributed by atoms with Gasteiger partial charge in [-0.3, -0.25) is 4.90 Å². The van der Waals surface area contributed by atoms with Gasteiger partial charge in [-0.1, -0.05) is 26.0 Å². The van der Waals surface area contributed by atoms with Crippen molar-refractivity contribution in [2.45, 2.75) is 47.6 Å². The Morgan fingerprint density at radius 3 is 1.26 bits per heavy atom. The summed E-state index contributed by atoms with van der Waals surface area (Å²) in [5, 5.41) is 0. The molecule has 1 aliphatic carbocycles. The van der Waals surface area contributed by atoms with E-state index >= 15 is 0 Å². The maximum Gasteiger partial charge on any atom is 0.211 e. The molecule has 34 heavy (non-hydrogen) atoms. The number of likely N-dealkylation sites (N-methyl/N-ethyl adjacent to an activating group) is 1. The molecule has 182 valence electrons. The lowest BCUT2D eigenvalue weighted by Crippen LogP contribution is -2.33. The Labute approximate surface area is 207 Å². The molecule has 0 amide bonds. The Hall–Kier alpha value is -2.85. The molecule has 0 radical (unpaired) electrons. The highest BCUT2D eigenvalue weighted by Crippen LogP contribution is 2.27. The van der Waals surface area contributed by atoms with Crippen LogP contribution in [0.25, 0.3) is 0 Å². The molecule has 0 N–H and O–H groups in total. The van der Waals surface area contributed by atoms with Gasteiger partial charge in [-0.15, -0.1) is 0 Å². The number of nitrogens with zero attached hydrogens (tertiary/aromatic N) is 4. The lowest BCUT2D eigenvalue weighted by Gasteiger charge is -2.25. The van der Waals surface area contributed by atoms with E-state index in [1.165, 1.54) is 28.5 Å². The summed E-state index contributed by atoms with van der Waals surface area (Å²) in [6.45, 7) is 19.5. The first kappa shape index (κ1) is 25.8. The fourth-order valence-electron chi connectivity index (χ4n) is 4.80. The van der Waals surface area contributed by atoms with E-state index < -0.39 is 0 Å². The monoisotopic (exact) mass is 459 g/mol. The second kappa shape index (κ2) is 12.6. The molecule has 0 bridgehead atoms. The minimum Gasteiger partial charge on any atom is -0.372 e. The predicted octanol–water partition coefficient (Wildman–Crippen LogP) is 6.49. The largest absolute Gasteiger partial charge is 0.372 e. The fourth-order valence-corrected chi connectivity index (χ4v) is 4.80. The van der Waals surface area contributed by atoms with Gasteiger partial charge in [0.05, 0.1) is 0 Å². The molecule has 0 heterocycles. The lowest BCUT2D eigenvalue weighted by molar-refractivity contribution is 0.288. The molecule has 1 aliphatic rings. The topological polar surface area (TPSA) is 12.7 Å². The zero-order chi connectivity index (χ0) is 24.5. The minimum atomic E-state index is 0.357. The van der Waals surface area contributed by atoms with Crippen LogP contribution in [0.1, 0.15) is 41.5 Å². The SMILES string of the molecule is CCN(CC)c1ccc([N+](=C2C=CC(N(CC)CC)C=C2)c2ccc(N(CC)CC)cc2)cc1. The molecule has 4 heteroatoms. The molecule has 0 aliphatic heterocycles. The molecule has 0 atom stereocenters. The van der Waals surface area contributed by atoms with E-state index in [9.17, 15) is 0 Å². The summed E-state index contributed by atoms with van der Waals surface area (Å²) in [5.41, 5.74) is 6.09. The van der Waals surface area contributed by atoms with Crippen LogP contribution in [-0.4, -0.2) is 55.9 Å². The van der Waals surface area contributed by atoms with E-state index in [2.05, 4.69) is 134 Å². The summed E-state index contributed by atoms with van der Waals surface area (Å²) in [6, 6.07) is 18.3. The molecule has 0 spiro atoms. The van der Waals surface area contributed by atoms with Crippen LogP contribution in [0, 0.1) is 0 Å². The van der Waals surface area contributed by atoms with Crippen LogP contribution < -0.4 is 14.4 Å². The Balaban J connectivity index is 2.04. The molecule has 0 fully saturated rings. The van der Waals surface area contributed by atoms with Crippen molar-refractivity contribution in [3.8, 4) is 0 Å². The summed E-state index contributed by atoms with van der Waals surface area (Å²) in [5.74, 6) is 0. The van der Waals surface area contributed by atoms with Gasteiger partial charge in [-0.2, -0.15) is 4.58 Å². The van der Waals surface area contributed by atoms with Gasteiger partial charge in [-0.25, -0.2) is 0 Å². The molecule has 3 rings (SSSR count). The number of allylic oxidation sites excluding steroid dienone is 2. The van der Waals surface area contributed by atoms with Gasteiger partial charge >= 0.3 is 0 Å². The van der Waals surface area contributed by atoms with Crippen LogP contribution >= 0.6 is 0 Å². The van der Waals surface area contributed by atoms with E-state index in [0.29, 0.717) is 6.04 Å². The Morgan fingerprint density at radius 1 is 0.559 bits per heavy atom. The second-order valence-electron chi connectivity index (χ2n) is 8.57. The second-order valence-corrected chi connectivity index (χ2v) is 8.57. The molecule has 0 saturated heterocycles. The van der Waals surface area contributed by atoms with Gasteiger partial charge < -0.3 is 9.80 Å². The summed E-state index contributed by atoms with van der Waals surface area (Å²) >= 11 is 0. The van der Waals surface area contributed by atoms with Gasteiger partial charge in [0.2, 0.25) is 17.1 Å². The van der Waals surface area contributed by atoms with Gasteiger partial charge in [0, 0.05) is 80.0 Å². The highest BCUT2D eigenvalue weighted by molar-refractivity contribution is 6.08. The van der Waals surface area contributed by atoms with E-state index in [-0.39, 0.29) is 0 Å². The van der Waals surface area contributed by atoms with Crippen molar-refractivity contribution >= 4 is 28.5 Å². The third-order valence-corrected chi connectivity index (χ3v) is 6.89. The normalized spacial score (nSPS) is 15.1. The molecule has 0 saturated carbocycles. The van der Waals surface area contributed by atoms with Crippen LogP contribution in [0.15, 0.2) is 72.8 Å². The first-order valence-electron chi connectivity index (χ1n) is 13.1. The number of hydrogen-bond acceptors (Lipinski definition) is 3. The van der Waals surface area contributed by atoms with E-state index in [1.807, 2.05) is 0 Å². The predicted molar refractivity (Wildman–Crippen MR) is 151 cm³/mol. The molecular formula is C30H43N4+. The van der Waals surface area contributed by atoms with Gasteiger partial charge in [0.25, 0.3) is 0 Å². The molecule has 0 unspecified atom stereocenters. The van der Waals surface area contributed by atoms with Crippen molar-refractivity contribution in [3.05, 3.63) is 72.8 Å².